The maximum atomic E-state index is 13.2. The molecule has 4 nitrogen and oxygen atoms in total. The Morgan fingerprint density at radius 2 is 1.79 bits per heavy atom. The first-order valence-corrected chi connectivity index (χ1v) is 7.59. The molecule has 24 heavy (non-hydrogen) atoms. The van der Waals surface area contributed by atoms with E-state index in [0.717, 1.165) is 18.1 Å². The molecule has 128 valence electrons. The SMILES string of the molecule is CC(F)(F)c1ccc(CN=C(N)NC(CO)c2ccccc2)cc1. The van der Waals surface area contributed by atoms with Gasteiger partial charge in [0.15, 0.2) is 5.96 Å². The summed E-state index contributed by atoms with van der Waals surface area (Å²) >= 11 is 0. The summed E-state index contributed by atoms with van der Waals surface area (Å²) in [6, 6.07) is 15.0. The first kappa shape index (κ1) is 17.9. The van der Waals surface area contributed by atoms with Gasteiger partial charge in [0.2, 0.25) is 0 Å². The molecular formula is C18H21F2N3O. The Balaban J connectivity index is 1.98. The summed E-state index contributed by atoms with van der Waals surface area (Å²) in [6.45, 7) is 1.00. The quantitative estimate of drug-likeness (QED) is 0.562. The Morgan fingerprint density at radius 3 is 2.33 bits per heavy atom. The second-order valence-corrected chi connectivity index (χ2v) is 5.58. The molecule has 0 aliphatic carbocycles. The molecule has 0 heterocycles. The maximum Gasteiger partial charge on any atom is 0.270 e. The van der Waals surface area contributed by atoms with Crippen molar-refractivity contribution in [3.8, 4) is 0 Å². The summed E-state index contributed by atoms with van der Waals surface area (Å²) < 4.78 is 26.3. The van der Waals surface area contributed by atoms with Crippen molar-refractivity contribution in [2.75, 3.05) is 6.61 Å². The Labute approximate surface area is 140 Å². The van der Waals surface area contributed by atoms with Gasteiger partial charge in [-0.1, -0.05) is 54.6 Å². The van der Waals surface area contributed by atoms with E-state index in [1.807, 2.05) is 30.3 Å². The van der Waals surface area contributed by atoms with Crippen LogP contribution in [0, 0.1) is 0 Å². The molecule has 0 aliphatic rings. The smallest absolute Gasteiger partial charge is 0.270 e. The average molecular weight is 333 g/mol. The molecule has 2 rings (SSSR count). The predicted octanol–water partition coefficient (Wildman–Crippen LogP) is 2.94. The molecule has 2 aromatic carbocycles. The van der Waals surface area contributed by atoms with Crippen molar-refractivity contribution in [2.45, 2.75) is 25.4 Å². The van der Waals surface area contributed by atoms with Crippen LogP contribution in [0.15, 0.2) is 59.6 Å². The highest BCUT2D eigenvalue weighted by molar-refractivity contribution is 5.78. The molecule has 6 heteroatoms. The molecule has 0 fully saturated rings. The monoisotopic (exact) mass is 333 g/mol. The molecule has 0 aliphatic heterocycles. The minimum atomic E-state index is -2.85. The van der Waals surface area contributed by atoms with Gasteiger partial charge in [-0.15, -0.1) is 0 Å². The average Bonchev–Trinajstić information content (AvgIpc) is 2.58. The van der Waals surface area contributed by atoms with E-state index in [1.165, 1.54) is 12.1 Å². The zero-order valence-electron chi connectivity index (χ0n) is 13.4. The largest absolute Gasteiger partial charge is 0.394 e. The van der Waals surface area contributed by atoms with Crippen LogP contribution in [-0.4, -0.2) is 17.7 Å². The number of hydrogen-bond donors (Lipinski definition) is 3. The van der Waals surface area contributed by atoms with Crippen LogP contribution >= 0.6 is 0 Å². The molecule has 0 saturated heterocycles. The molecule has 0 aromatic heterocycles. The summed E-state index contributed by atoms with van der Waals surface area (Å²) in [4.78, 5) is 4.18. The normalized spacial score (nSPS) is 13.6. The fourth-order valence-electron chi connectivity index (χ4n) is 2.22. The third-order valence-electron chi connectivity index (χ3n) is 3.60. The Kier molecular flexibility index (Phi) is 5.87. The van der Waals surface area contributed by atoms with Crippen LogP contribution in [0.5, 0.6) is 0 Å². The molecular weight excluding hydrogens is 312 g/mol. The van der Waals surface area contributed by atoms with Gasteiger partial charge in [-0.05, 0) is 11.1 Å². The van der Waals surface area contributed by atoms with E-state index in [9.17, 15) is 13.9 Å². The van der Waals surface area contributed by atoms with Gasteiger partial charge < -0.3 is 16.2 Å². The van der Waals surface area contributed by atoms with Crippen molar-refractivity contribution in [1.82, 2.24) is 5.32 Å². The van der Waals surface area contributed by atoms with Gasteiger partial charge in [0.05, 0.1) is 19.2 Å². The number of alkyl halides is 2. The number of hydrogen-bond acceptors (Lipinski definition) is 2. The first-order chi connectivity index (χ1) is 11.4. The molecule has 0 amide bonds. The van der Waals surface area contributed by atoms with E-state index in [1.54, 1.807) is 12.1 Å². The number of aliphatic hydroxyl groups is 1. The van der Waals surface area contributed by atoms with Gasteiger partial charge >= 0.3 is 0 Å². The topological polar surface area (TPSA) is 70.6 Å². The number of benzene rings is 2. The second kappa shape index (κ2) is 7.88. The molecule has 2 aromatic rings. The van der Waals surface area contributed by atoms with Crippen molar-refractivity contribution >= 4 is 5.96 Å². The molecule has 0 bridgehead atoms. The van der Waals surface area contributed by atoms with Gasteiger partial charge in [0, 0.05) is 12.5 Å². The van der Waals surface area contributed by atoms with E-state index in [4.69, 9.17) is 5.73 Å². The van der Waals surface area contributed by atoms with E-state index in [0.29, 0.717) is 0 Å². The summed E-state index contributed by atoms with van der Waals surface area (Å²) in [5.41, 5.74) is 7.47. The number of halogens is 2. The van der Waals surface area contributed by atoms with E-state index >= 15 is 0 Å². The van der Waals surface area contributed by atoms with E-state index in [2.05, 4.69) is 10.3 Å². The summed E-state index contributed by atoms with van der Waals surface area (Å²) in [5.74, 6) is -2.67. The number of aliphatic hydroxyl groups excluding tert-OH is 1. The number of nitrogens with two attached hydrogens (primary N) is 1. The minimum absolute atomic E-state index is 0.0363. The van der Waals surface area contributed by atoms with Crippen LogP contribution in [0.1, 0.15) is 29.7 Å². The molecule has 4 N–H and O–H groups in total. The van der Waals surface area contributed by atoms with Crippen LogP contribution in [0.4, 0.5) is 8.78 Å². The summed E-state index contributed by atoms with van der Waals surface area (Å²) in [7, 11) is 0. The van der Waals surface area contributed by atoms with Crippen molar-refractivity contribution in [1.29, 1.82) is 0 Å². The van der Waals surface area contributed by atoms with Crippen LogP contribution in [-0.2, 0) is 12.5 Å². The standard InChI is InChI=1S/C18H21F2N3O/c1-18(19,20)15-9-7-13(8-10-15)11-22-17(21)23-16(12-24)14-5-3-2-4-6-14/h2-10,16,24H,11-12H2,1H3,(H3,21,22,23). The number of guanidine groups is 1. The zero-order chi connectivity index (χ0) is 17.6. The molecule has 1 unspecified atom stereocenters. The lowest BCUT2D eigenvalue weighted by Crippen LogP contribution is -2.36. The molecule has 0 spiro atoms. The van der Waals surface area contributed by atoms with Gasteiger partial charge in [0.1, 0.15) is 0 Å². The van der Waals surface area contributed by atoms with Crippen molar-refractivity contribution < 1.29 is 13.9 Å². The van der Waals surface area contributed by atoms with Gasteiger partial charge in [0.25, 0.3) is 5.92 Å². The fraction of sp³-hybridized carbons (Fsp3) is 0.278. The van der Waals surface area contributed by atoms with Crippen LogP contribution in [0.25, 0.3) is 0 Å². The van der Waals surface area contributed by atoms with Crippen molar-refractivity contribution in [3.05, 3.63) is 71.3 Å². The van der Waals surface area contributed by atoms with Gasteiger partial charge in [-0.2, -0.15) is 0 Å². The number of rotatable bonds is 6. The predicted molar refractivity (Wildman–Crippen MR) is 90.7 cm³/mol. The minimum Gasteiger partial charge on any atom is -0.394 e. The fourth-order valence-corrected chi connectivity index (χ4v) is 2.22. The first-order valence-electron chi connectivity index (χ1n) is 7.59. The number of nitrogens with one attached hydrogen (secondary N) is 1. The Bertz CT molecular complexity index is 667. The Hall–Kier alpha value is -2.47. The van der Waals surface area contributed by atoms with Crippen molar-refractivity contribution in [2.24, 2.45) is 10.7 Å². The molecule has 0 radical (unpaired) electrons. The summed E-state index contributed by atoms with van der Waals surface area (Å²) in [6.07, 6.45) is 0. The van der Waals surface area contributed by atoms with Crippen LogP contribution in [0.2, 0.25) is 0 Å². The second-order valence-electron chi connectivity index (χ2n) is 5.58. The molecule has 0 saturated carbocycles. The third-order valence-corrected chi connectivity index (χ3v) is 3.60. The highest BCUT2D eigenvalue weighted by Gasteiger charge is 2.23. The van der Waals surface area contributed by atoms with Crippen LogP contribution in [0.3, 0.4) is 0 Å². The van der Waals surface area contributed by atoms with Gasteiger partial charge in [-0.25, -0.2) is 13.8 Å². The molecule has 1 atom stereocenters. The lowest BCUT2D eigenvalue weighted by Gasteiger charge is -2.17. The van der Waals surface area contributed by atoms with Crippen molar-refractivity contribution in [3.63, 3.8) is 0 Å². The lowest BCUT2D eigenvalue weighted by molar-refractivity contribution is 0.0174. The lowest BCUT2D eigenvalue weighted by atomic mass is 10.1. The highest BCUT2D eigenvalue weighted by Crippen LogP contribution is 2.26. The number of aliphatic imine (C=N–C) groups is 1. The van der Waals surface area contributed by atoms with E-state index < -0.39 is 5.92 Å². The number of nitrogens with zero attached hydrogens (tertiary/aromatic N) is 1. The van der Waals surface area contributed by atoms with Crippen LogP contribution < -0.4 is 11.1 Å². The highest BCUT2D eigenvalue weighted by atomic mass is 19.3. The Morgan fingerprint density at radius 1 is 1.17 bits per heavy atom. The van der Waals surface area contributed by atoms with Gasteiger partial charge in [-0.3, -0.25) is 0 Å². The summed E-state index contributed by atoms with van der Waals surface area (Å²) in [5, 5.41) is 12.4. The zero-order valence-corrected chi connectivity index (χ0v) is 13.4. The van der Waals surface area contributed by atoms with E-state index in [-0.39, 0.29) is 30.7 Å². The third kappa shape index (κ3) is 5.03. The maximum absolute atomic E-state index is 13.2.